The Labute approximate surface area is 121 Å². The first-order chi connectivity index (χ1) is 9.42. The zero-order chi connectivity index (χ0) is 14.8. The highest BCUT2D eigenvalue weighted by Crippen LogP contribution is 2.39. The Morgan fingerprint density at radius 2 is 2.00 bits per heavy atom. The van der Waals surface area contributed by atoms with Gasteiger partial charge in [0.1, 0.15) is 17.5 Å². The van der Waals surface area contributed by atoms with Crippen LogP contribution < -0.4 is 10.6 Å². The zero-order valence-electron chi connectivity index (χ0n) is 12.9. The van der Waals surface area contributed by atoms with E-state index in [1.165, 1.54) is 12.8 Å². The molecule has 0 radical (unpaired) electrons. The molecule has 1 atom stereocenters. The zero-order valence-corrected chi connectivity index (χ0v) is 12.9. The lowest BCUT2D eigenvalue weighted by Crippen LogP contribution is -2.42. The molecule has 1 aromatic heterocycles. The van der Waals surface area contributed by atoms with Gasteiger partial charge >= 0.3 is 0 Å². The number of aromatic nitrogens is 2. The molecule has 2 rings (SSSR count). The van der Waals surface area contributed by atoms with E-state index in [2.05, 4.69) is 27.5 Å². The van der Waals surface area contributed by atoms with Crippen LogP contribution in [0.2, 0.25) is 0 Å². The lowest BCUT2D eigenvalue weighted by atomic mass is 9.99. The summed E-state index contributed by atoms with van der Waals surface area (Å²) >= 11 is 0. The fourth-order valence-electron chi connectivity index (χ4n) is 1.83. The molecule has 1 aromatic rings. The van der Waals surface area contributed by atoms with E-state index in [4.69, 9.17) is 0 Å². The number of rotatable bonds is 7. The second-order valence-corrected chi connectivity index (χ2v) is 6.22. The Morgan fingerprint density at radius 1 is 1.35 bits per heavy atom. The van der Waals surface area contributed by atoms with Crippen molar-refractivity contribution in [2.24, 2.45) is 0 Å². The van der Waals surface area contributed by atoms with E-state index in [1.54, 1.807) is 6.92 Å². The molecule has 20 heavy (non-hydrogen) atoms. The van der Waals surface area contributed by atoms with Gasteiger partial charge in [0.25, 0.3) is 0 Å². The number of aliphatic hydroxyl groups is 1. The Bertz CT molecular complexity index is 455. The summed E-state index contributed by atoms with van der Waals surface area (Å²) in [5.41, 5.74) is -0.419. The van der Waals surface area contributed by atoms with Crippen LogP contribution in [0.4, 0.5) is 11.6 Å². The van der Waals surface area contributed by atoms with E-state index in [0.29, 0.717) is 5.92 Å². The Hall–Kier alpha value is -1.36. The van der Waals surface area contributed by atoms with Crippen molar-refractivity contribution in [3.05, 3.63) is 11.9 Å². The Kier molecular flexibility index (Phi) is 4.48. The van der Waals surface area contributed by atoms with Gasteiger partial charge in [0.05, 0.1) is 11.6 Å². The Balaban J connectivity index is 2.20. The summed E-state index contributed by atoms with van der Waals surface area (Å²) in [6.45, 7) is 8.75. The molecule has 0 bridgehead atoms. The minimum atomic E-state index is -0.464. The number of nitrogens with one attached hydrogen (secondary N) is 2. The maximum Gasteiger partial charge on any atom is 0.136 e. The van der Waals surface area contributed by atoms with Crippen LogP contribution in [0.5, 0.6) is 0 Å². The molecular formula is C15H26N4O. The summed E-state index contributed by atoms with van der Waals surface area (Å²) in [6, 6.07) is 1.92. The molecule has 0 aliphatic heterocycles. The molecule has 1 aliphatic carbocycles. The molecule has 5 nitrogen and oxygen atoms in total. The molecule has 1 unspecified atom stereocenters. The molecule has 112 valence electrons. The van der Waals surface area contributed by atoms with E-state index in [1.807, 2.05) is 19.9 Å². The quantitative estimate of drug-likeness (QED) is 0.715. The van der Waals surface area contributed by atoms with Gasteiger partial charge in [-0.05, 0) is 40.0 Å². The SMILES string of the molecule is CCCNc1cc(NC(C)(C)C(C)O)nc(C2CC2)n1. The fraction of sp³-hybridized carbons (Fsp3) is 0.733. The van der Waals surface area contributed by atoms with Crippen molar-refractivity contribution in [2.45, 2.75) is 64.5 Å². The first-order valence-corrected chi connectivity index (χ1v) is 7.51. The molecule has 0 spiro atoms. The van der Waals surface area contributed by atoms with Crippen LogP contribution in [0.3, 0.4) is 0 Å². The van der Waals surface area contributed by atoms with Crippen molar-refractivity contribution in [1.29, 1.82) is 0 Å². The van der Waals surface area contributed by atoms with Gasteiger partial charge in [-0.3, -0.25) is 0 Å². The van der Waals surface area contributed by atoms with Crippen molar-refractivity contribution in [3.63, 3.8) is 0 Å². The predicted molar refractivity (Wildman–Crippen MR) is 82.2 cm³/mol. The monoisotopic (exact) mass is 278 g/mol. The van der Waals surface area contributed by atoms with Gasteiger partial charge in [-0.25, -0.2) is 9.97 Å². The molecule has 1 fully saturated rings. The van der Waals surface area contributed by atoms with Crippen LogP contribution in [0.25, 0.3) is 0 Å². The smallest absolute Gasteiger partial charge is 0.136 e. The van der Waals surface area contributed by atoms with Crippen molar-refractivity contribution in [2.75, 3.05) is 17.2 Å². The standard InChI is InChI=1S/C15H26N4O/c1-5-8-16-12-9-13(19-15(3,4)10(2)20)18-14(17-12)11-6-7-11/h9-11,20H,5-8H2,1-4H3,(H2,16,17,18,19). The highest BCUT2D eigenvalue weighted by molar-refractivity contribution is 5.49. The number of anilines is 2. The molecule has 1 heterocycles. The van der Waals surface area contributed by atoms with Crippen LogP contribution in [0.15, 0.2) is 6.07 Å². The van der Waals surface area contributed by atoms with E-state index in [-0.39, 0.29) is 0 Å². The molecule has 1 saturated carbocycles. The molecule has 1 aliphatic rings. The molecule has 0 aromatic carbocycles. The normalized spacial score (nSPS) is 16.9. The third kappa shape index (κ3) is 3.82. The van der Waals surface area contributed by atoms with Gasteiger partial charge in [0, 0.05) is 18.5 Å². The van der Waals surface area contributed by atoms with Crippen molar-refractivity contribution in [3.8, 4) is 0 Å². The van der Waals surface area contributed by atoms with Gasteiger partial charge in [-0.2, -0.15) is 0 Å². The summed E-state index contributed by atoms with van der Waals surface area (Å²) in [5, 5.41) is 16.5. The van der Waals surface area contributed by atoms with Crippen molar-refractivity contribution < 1.29 is 5.11 Å². The summed E-state index contributed by atoms with van der Waals surface area (Å²) in [4.78, 5) is 9.18. The number of hydrogen-bond acceptors (Lipinski definition) is 5. The van der Waals surface area contributed by atoms with Crippen molar-refractivity contribution in [1.82, 2.24) is 9.97 Å². The predicted octanol–water partition coefficient (Wildman–Crippen LogP) is 2.75. The molecule has 5 heteroatoms. The first kappa shape index (κ1) is 15.0. The van der Waals surface area contributed by atoms with Gasteiger partial charge in [0.15, 0.2) is 0 Å². The third-order valence-electron chi connectivity index (χ3n) is 3.74. The summed E-state index contributed by atoms with van der Waals surface area (Å²) in [6.07, 6.45) is 2.95. The van der Waals surface area contributed by atoms with Gasteiger partial charge in [0.2, 0.25) is 0 Å². The maximum atomic E-state index is 9.82. The molecule has 3 N–H and O–H groups in total. The highest BCUT2D eigenvalue weighted by Gasteiger charge is 2.29. The van der Waals surface area contributed by atoms with Gasteiger partial charge < -0.3 is 15.7 Å². The van der Waals surface area contributed by atoms with Gasteiger partial charge in [-0.1, -0.05) is 6.92 Å². The van der Waals surface area contributed by atoms with E-state index < -0.39 is 11.6 Å². The molecule has 0 saturated heterocycles. The topological polar surface area (TPSA) is 70.1 Å². The first-order valence-electron chi connectivity index (χ1n) is 7.51. The average molecular weight is 278 g/mol. The summed E-state index contributed by atoms with van der Waals surface area (Å²) in [7, 11) is 0. The van der Waals surface area contributed by atoms with E-state index in [9.17, 15) is 5.11 Å². The number of aliphatic hydroxyl groups excluding tert-OH is 1. The summed E-state index contributed by atoms with van der Waals surface area (Å²) in [5.74, 6) is 3.07. The average Bonchev–Trinajstić information content (AvgIpc) is 3.19. The summed E-state index contributed by atoms with van der Waals surface area (Å²) < 4.78 is 0. The molecular weight excluding hydrogens is 252 g/mol. The number of hydrogen-bond donors (Lipinski definition) is 3. The highest BCUT2D eigenvalue weighted by atomic mass is 16.3. The van der Waals surface area contributed by atoms with Crippen LogP contribution in [0.1, 0.15) is 58.7 Å². The number of nitrogens with zero attached hydrogens (tertiary/aromatic N) is 2. The fourth-order valence-corrected chi connectivity index (χ4v) is 1.83. The third-order valence-corrected chi connectivity index (χ3v) is 3.74. The van der Waals surface area contributed by atoms with Crippen LogP contribution in [-0.2, 0) is 0 Å². The minimum absolute atomic E-state index is 0.419. The lowest BCUT2D eigenvalue weighted by molar-refractivity contribution is 0.133. The van der Waals surface area contributed by atoms with E-state index in [0.717, 1.165) is 30.4 Å². The minimum Gasteiger partial charge on any atom is -0.391 e. The Morgan fingerprint density at radius 3 is 2.55 bits per heavy atom. The second-order valence-electron chi connectivity index (χ2n) is 6.22. The maximum absolute atomic E-state index is 9.82. The van der Waals surface area contributed by atoms with Crippen LogP contribution in [-0.4, -0.2) is 33.3 Å². The lowest BCUT2D eigenvalue weighted by Gasteiger charge is -2.30. The second kappa shape index (κ2) is 5.95. The van der Waals surface area contributed by atoms with Gasteiger partial charge in [-0.15, -0.1) is 0 Å². The van der Waals surface area contributed by atoms with Crippen LogP contribution in [0, 0.1) is 0 Å². The van der Waals surface area contributed by atoms with Crippen LogP contribution >= 0.6 is 0 Å². The largest absolute Gasteiger partial charge is 0.391 e. The van der Waals surface area contributed by atoms with Crippen molar-refractivity contribution >= 4 is 11.6 Å². The van der Waals surface area contributed by atoms with E-state index >= 15 is 0 Å². The molecule has 0 amide bonds.